The van der Waals surface area contributed by atoms with Crippen LogP contribution in [0.25, 0.3) is 5.57 Å². The standard InChI is InChI=1S/C26H29ClN4O2/c1-3-5-11-23-28-25(32)21(17-31(23)22(4-2)19-9-7-6-8-10-19)26-30-29-24(33-26)16-18-12-14-20(27)15-13-18/h6-10,12-15,22,32H,3-5,11,16-17H2,1-2H3/t22-/m1/s1. The van der Waals surface area contributed by atoms with Gasteiger partial charge in [-0.25, -0.2) is 4.99 Å². The molecular formula is C26H29ClN4O2. The molecule has 0 spiro atoms. The maximum absolute atomic E-state index is 10.8. The van der Waals surface area contributed by atoms with Crippen molar-refractivity contribution >= 4 is 23.0 Å². The number of aromatic nitrogens is 2. The zero-order valence-electron chi connectivity index (χ0n) is 19.0. The summed E-state index contributed by atoms with van der Waals surface area (Å²) in [7, 11) is 0. The van der Waals surface area contributed by atoms with Crippen molar-refractivity contribution in [2.75, 3.05) is 6.54 Å². The predicted molar refractivity (Wildman–Crippen MR) is 131 cm³/mol. The van der Waals surface area contributed by atoms with Crippen LogP contribution in [-0.4, -0.2) is 32.6 Å². The lowest BCUT2D eigenvalue weighted by Gasteiger charge is -2.36. The zero-order chi connectivity index (χ0) is 23.2. The first-order chi connectivity index (χ1) is 16.1. The Labute approximate surface area is 199 Å². The van der Waals surface area contributed by atoms with E-state index in [1.807, 2.05) is 30.3 Å². The number of aliphatic hydroxyl groups is 1. The van der Waals surface area contributed by atoms with Crippen LogP contribution < -0.4 is 0 Å². The number of aliphatic hydroxyl groups excluding tert-OH is 1. The summed E-state index contributed by atoms with van der Waals surface area (Å²) in [5, 5.41) is 19.9. The van der Waals surface area contributed by atoms with Crippen molar-refractivity contribution < 1.29 is 9.52 Å². The highest BCUT2D eigenvalue weighted by Gasteiger charge is 2.30. The lowest BCUT2D eigenvalue weighted by Crippen LogP contribution is -2.38. The minimum Gasteiger partial charge on any atom is -0.493 e. The Balaban J connectivity index is 1.62. The highest BCUT2D eigenvalue weighted by molar-refractivity contribution is 6.30. The minimum atomic E-state index is -0.0399. The molecule has 0 amide bonds. The molecule has 2 aromatic carbocycles. The summed E-state index contributed by atoms with van der Waals surface area (Å²) in [6.45, 7) is 4.79. The number of benzene rings is 2. The molecule has 1 aromatic heterocycles. The van der Waals surface area contributed by atoms with E-state index in [4.69, 9.17) is 16.0 Å². The Kier molecular flexibility index (Phi) is 7.45. The topological polar surface area (TPSA) is 74.8 Å². The first-order valence-corrected chi connectivity index (χ1v) is 11.8. The Bertz CT molecular complexity index is 1120. The summed E-state index contributed by atoms with van der Waals surface area (Å²) in [5.41, 5.74) is 2.80. The van der Waals surface area contributed by atoms with E-state index in [0.29, 0.717) is 35.3 Å². The van der Waals surface area contributed by atoms with E-state index in [-0.39, 0.29) is 11.9 Å². The fourth-order valence-corrected chi connectivity index (χ4v) is 4.24. The van der Waals surface area contributed by atoms with Gasteiger partial charge in [0.15, 0.2) is 0 Å². The first kappa shape index (κ1) is 23.1. The van der Waals surface area contributed by atoms with E-state index in [1.165, 1.54) is 5.56 Å². The summed E-state index contributed by atoms with van der Waals surface area (Å²) in [4.78, 5) is 6.86. The average molecular weight is 465 g/mol. The molecule has 0 saturated carbocycles. The van der Waals surface area contributed by atoms with E-state index in [9.17, 15) is 5.11 Å². The van der Waals surface area contributed by atoms with Crippen LogP contribution in [0, 0.1) is 0 Å². The van der Waals surface area contributed by atoms with Gasteiger partial charge in [-0.05, 0) is 36.1 Å². The van der Waals surface area contributed by atoms with E-state index in [0.717, 1.165) is 37.1 Å². The molecule has 1 N–H and O–H groups in total. The number of halogens is 1. The van der Waals surface area contributed by atoms with Crippen molar-refractivity contribution in [2.45, 2.75) is 52.0 Å². The summed E-state index contributed by atoms with van der Waals surface area (Å²) < 4.78 is 5.94. The second-order valence-electron chi connectivity index (χ2n) is 8.20. The van der Waals surface area contributed by atoms with Gasteiger partial charge in [-0.1, -0.05) is 74.3 Å². The average Bonchev–Trinajstić information content (AvgIpc) is 3.29. The Morgan fingerprint density at radius 1 is 1.06 bits per heavy atom. The quantitative estimate of drug-likeness (QED) is 0.386. The van der Waals surface area contributed by atoms with Crippen molar-refractivity contribution in [3.8, 4) is 0 Å². The number of aliphatic imine (C=N–C) groups is 1. The molecule has 172 valence electrons. The molecule has 1 atom stereocenters. The first-order valence-electron chi connectivity index (χ1n) is 11.5. The third kappa shape index (κ3) is 5.45. The fraction of sp³-hybridized carbons (Fsp3) is 0.346. The van der Waals surface area contributed by atoms with Crippen molar-refractivity contribution in [3.05, 3.63) is 88.4 Å². The highest BCUT2D eigenvalue weighted by Crippen LogP contribution is 2.33. The van der Waals surface area contributed by atoms with Gasteiger partial charge in [-0.3, -0.25) is 0 Å². The fourth-order valence-electron chi connectivity index (χ4n) is 4.11. The maximum Gasteiger partial charge on any atom is 0.250 e. The van der Waals surface area contributed by atoms with Crippen LogP contribution in [0.4, 0.5) is 0 Å². The van der Waals surface area contributed by atoms with Crippen molar-refractivity contribution in [1.82, 2.24) is 15.1 Å². The molecule has 0 unspecified atom stereocenters. The monoisotopic (exact) mass is 464 g/mol. The van der Waals surface area contributed by atoms with Crippen LogP contribution in [0.5, 0.6) is 0 Å². The number of nitrogens with zero attached hydrogens (tertiary/aromatic N) is 4. The molecule has 33 heavy (non-hydrogen) atoms. The Morgan fingerprint density at radius 2 is 1.82 bits per heavy atom. The molecule has 7 heteroatoms. The molecule has 0 aliphatic carbocycles. The van der Waals surface area contributed by atoms with Gasteiger partial charge in [0.25, 0.3) is 5.89 Å². The third-order valence-corrected chi connectivity index (χ3v) is 6.11. The van der Waals surface area contributed by atoms with Crippen LogP contribution in [0.15, 0.2) is 69.9 Å². The van der Waals surface area contributed by atoms with Crippen LogP contribution in [0.1, 0.15) is 68.5 Å². The lowest BCUT2D eigenvalue weighted by molar-refractivity contribution is 0.308. The minimum absolute atomic E-state index is 0.0399. The van der Waals surface area contributed by atoms with Gasteiger partial charge in [-0.2, -0.15) is 0 Å². The van der Waals surface area contributed by atoms with Crippen molar-refractivity contribution in [3.63, 3.8) is 0 Å². The van der Waals surface area contributed by atoms with E-state index in [1.54, 1.807) is 0 Å². The van der Waals surface area contributed by atoms with Gasteiger partial charge in [0, 0.05) is 11.4 Å². The second-order valence-corrected chi connectivity index (χ2v) is 8.64. The number of amidine groups is 1. The molecule has 0 bridgehead atoms. The molecule has 4 rings (SSSR count). The van der Waals surface area contributed by atoms with Gasteiger partial charge in [0.2, 0.25) is 11.8 Å². The summed E-state index contributed by atoms with van der Waals surface area (Å²) in [5.74, 6) is 1.65. The van der Waals surface area contributed by atoms with Gasteiger partial charge in [0.1, 0.15) is 5.84 Å². The maximum atomic E-state index is 10.8. The van der Waals surface area contributed by atoms with E-state index in [2.05, 4.69) is 58.2 Å². The Hall–Kier alpha value is -3.12. The molecule has 1 aliphatic heterocycles. The Morgan fingerprint density at radius 3 is 2.52 bits per heavy atom. The summed E-state index contributed by atoms with van der Waals surface area (Å²) in [6.07, 6.45) is 4.28. The molecule has 0 radical (unpaired) electrons. The molecule has 2 heterocycles. The van der Waals surface area contributed by atoms with Crippen LogP contribution in [0.3, 0.4) is 0 Å². The smallest absolute Gasteiger partial charge is 0.250 e. The largest absolute Gasteiger partial charge is 0.493 e. The molecule has 1 aliphatic rings. The third-order valence-electron chi connectivity index (χ3n) is 5.86. The molecule has 0 saturated heterocycles. The summed E-state index contributed by atoms with van der Waals surface area (Å²) in [6, 6.07) is 18.1. The molecule has 0 fully saturated rings. The predicted octanol–water partition coefficient (Wildman–Crippen LogP) is 6.60. The van der Waals surface area contributed by atoms with Crippen molar-refractivity contribution in [1.29, 1.82) is 0 Å². The van der Waals surface area contributed by atoms with Gasteiger partial charge < -0.3 is 14.4 Å². The SMILES string of the molecule is CCCCC1=NC(O)=C(c2nnc(Cc3ccc(Cl)cc3)o2)CN1[C@H](CC)c1ccccc1. The molecule has 3 aromatic rings. The molecular weight excluding hydrogens is 436 g/mol. The number of rotatable bonds is 9. The number of hydrogen-bond donors (Lipinski definition) is 1. The zero-order valence-corrected chi connectivity index (χ0v) is 19.8. The summed E-state index contributed by atoms with van der Waals surface area (Å²) >= 11 is 5.97. The van der Waals surface area contributed by atoms with Gasteiger partial charge in [0.05, 0.1) is 24.6 Å². The van der Waals surface area contributed by atoms with Gasteiger partial charge >= 0.3 is 0 Å². The van der Waals surface area contributed by atoms with Crippen LogP contribution in [-0.2, 0) is 6.42 Å². The number of hydrogen-bond acceptors (Lipinski definition) is 6. The lowest BCUT2D eigenvalue weighted by atomic mass is 10.00. The van der Waals surface area contributed by atoms with Crippen molar-refractivity contribution in [2.24, 2.45) is 4.99 Å². The highest BCUT2D eigenvalue weighted by atomic mass is 35.5. The normalized spacial score (nSPS) is 15.0. The van der Waals surface area contributed by atoms with E-state index >= 15 is 0 Å². The molecule has 6 nitrogen and oxygen atoms in total. The van der Waals surface area contributed by atoms with Gasteiger partial charge in [-0.15, -0.1) is 10.2 Å². The van der Waals surface area contributed by atoms with E-state index < -0.39 is 0 Å². The second kappa shape index (κ2) is 10.7. The number of unbranched alkanes of at least 4 members (excludes halogenated alkanes) is 1. The van der Waals surface area contributed by atoms with Crippen LogP contribution in [0.2, 0.25) is 5.02 Å². The van der Waals surface area contributed by atoms with Crippen LogP contribution >= 0.6 is 11.6 Å².